The molecule has 3 rings (SSSR count). The van der Waals surface area contributed by atoms with Gasteiger partial charge in [0, 0.05) is 0 Å². The number of aliphatic hydroxyl groups is 2. The lowest BCUT2D eigenvalue weighted by Crippen LogP contribution is -2.46. The largest absolute Gasteiger partial charge is 0.469 e. The van der Waals surface area contributed by atoms with Crippen LogP contribution in [0.15, 0.2) is 17.4 Å². The van der Waals surface area contributed by atoms with Crippen molar-refractivity contribution in [1.29, 1.82) is 0 Å². The van der Waals surface area contributed by atoms with Gasteiger partial charge in [-0.1, -0.05) is 4.98 Å². The summed E-state index contributed by atoms with van der Waals surface area (Å²) >= 11 is 0. The lowest BCUT2D eigenvalue weighted by atomic mass is 10.1. The van der Waals surface area contributed by atoms with Crippen molar-refractivity contribution in [1.82, 2.24) is 14.5 Å². The number of aliphatic hydroxyl groups excluding tert-OH is 2. The van der Waals surface area contributed by atoms with Crippen molar-refractivity contribution in [2.24, 2.45) is 7.05 Å². The number of ether oxygens (including phenoxy) is 1. The number of rotatable bonds is 4. The average Bonchev–Trinajstić information content (AvgIpc) is 2.96. The van der Waals surface area contributed by atoms with Gasteiger partial charge in [-0.15, -0.1) is 0 Å². The Bertz CT molecular complexity index is 859. The third kappa shape index (κ3) is 3.00. The normalized spacial score (nSPS) is 27.9. The van der Waals surface area contributed by atoms with Gasteiger partial charge < -0.3 is 24.7 Å². The molecule has 0 saturated carbocycles. The van der Waals surface area contributed by atoms with Gasteiger partial charge in [0.1, 0.15) is 18.3 Å². The first kappa shape index (κ1) is 17.2. The number of hydrogen-bond donors (Lipinski definition) is 5. The second kappa shape index (κ2) is 6.01. The summed E-state index contributed by atoms with van der Waals surface area (Å²) < 4.78 is 23.4. The minimum atomic E-state index is -4.74. The van der Waals surface area contributed by atoms with E-state index in [0.29, 0.717) is 0 Å². The molecule has 0 aromatic carbocycles. The molecule has 0 aliphatic carbocycles. The molecule has 24 heavy (non-hydrogen) atoms. The first-order valence-electron chi connectivity index (χ1n) is 6.84. The van der Waals surface area contributed by atoms with Gasteiger partial charge >= 0.3 is 13.5 Å². The van der Waals surface area contributed by atoms with Crippen molar-refractivity contribution in [3.05, 3.63) is 23.0 Å². The molecule has 132 valence electrons. The molecule has 1 aliphatic heterocycles. The van der Waals surface area contributed by atoms with Crippen LogP contribution in [0.2, 0.25) is 0 Å². The lowest BCUT2D eigenvalue weighted by Gasteiger charge is -2.14. The average molecular weight is 363 g/mol. The van der Waals surface area contributed by atoms with Gasteiger partial charge in [-0.3, -0.25) is 18.9 Å². The minimum Gasteiger partial charge on any atom is -0.387 e. The topological polar surface area (TPSA) is 171 Å². The number of hydrogen-bond acceptors (Lipinski definition) is 7. The van der Waals surface area contributed by atoms with E-state index < -0.39 is 44.5 Å². The van der Waals surface area contributed by atoms with Crippen LogP contribution in [-0.2, 0) is 20.9 Å². The highest BCUT2D eigenvalue weighted by Crippen LogP contribution is 2.37. The Morgan fingerprint density at radius 3 is 2.83 bits per heavy atom. The molecule has 2 aromatic rings. The number of H-pyrrole nitrogens is 1. The Balaban J connectivity index is 1.92. The van der Waals surface area contributed by atoms with Crippen molar-refractivity contribution >= 4 is 19.0 Å². The number of phosphoric acid groups is 1. The summed E-state index contributed by atoms with van der Waals surface area (Å²) in [6.45, 7) is -0.613. The van der Waals surface area contributed by atoms with Gasteiger partial charge in [0.2, 0.25) is 11.7 Å². The summed E-state index contributed by atoms with van der Waals surface area (Å²) in [5.41, 5.74) is 0.0578. The number of nitrogens with one attached hydrogen (secondary N) is 1. The van der Waals surface area contributed by atoms with Gasteiger partial charge in [-0.2, -0.15) is 0 Å². The summed E-state index contributed by atoms with van der Waals surface area (Å²) in [7, 11) is -3.14. The van der Waals surface area contributed by atoms with E-state index in [1.54, 1.807) is 7.05 Å². The van der Waals surface area contributed by atoms with Crippen LogP contribution in [0.1, 0.15) is 6.23 Å². The van der Waals surface area contributed by atoms with E-state index >= 15 is 0 Å². The number of phosphoric ester groups is 1. The zero-order chi connectivity index (χ0) is 17.6. The Morgan fingerprint density at radius 2 is 2.17 bits per heavy atom. The van der Waals surface area contributed by atoms with Crippen LogP contribution < -0.4 is 10.1 Å². The van der Waals surface area contributed by atoms with Crippen LogP contribution in [0.4, 0.5) is 0 Å². The molecule has 1 fully saturated rings. The number of aromatic amines is 1. The summed E-state index contributed by atoms with van der Waals surface area (Å²) in [5.74, 6) is 0. The predicted octanol–water partition coefficient (Wildman–Crippen LogP) is -2.72. The molecule has 0 bridgehead atoms. The fourth-order valence-electron chi connectivity index (χ4n) is 2.64. The van der Waals surface area contributed by atoms with Crippen LogP contribution in [0.25, 0.3) is 11.2 Å². The third-order valence-corrected chi connectivity index (χ3v) is 4.21. The molecule has 1 aliphatic rings. The Morgan fingerprint density at radius 1 is 1.46 bits per heavy atom. The van der Waals surface area contributed by atoms with E-state index in [9.17, 15) is 19.6 Å². The molecule has 0 unspecified atom stereocenters. The summed E-state index contributed by atoms with van der Waals surface area (Å²) in [6.07, 6.45) is -2.48. The number of aromatic nitrogens is 4. The van der Waals surface area contributed by atoms with Crippen LogP contribution >= 0.6 is 7.82 Å². The predicted molar refractivity (Wildman–Crippen MR) is 75.4 cm³/mol. The van der Waals surface area contributed by atoms with Gasteiger partial charge in [-0.25, -0.2) is 9.13 Å². The Labute approximate surface area is 134 Å². The maximum absolute atomic E-state index is 11.9. The van der Waals surface area contributed by atoms with E-state index in [4.69, 9.17) is 14.5 Å². The maximum atomic E-state index is 11.9. The highest BCUT2D eigenvalue weighted by atomic mass is 31.2. The van der Waals surface area contributed by atoms with Crippen molar-refractivity contribution in [2.45, 2.75) is 24.5 Å². The smallest absolute Gasteiger partial charge is 0.387 e. The SMILES string of the molecule is Cn1c[n+]([C@@H]2O[C@H](COP(=O)(O)O)[C@@H](O)[C@H]2O)c2nc[nH]c(=O)c21. The zero-order valence-corrected chi connectivity index (χ0v) is 13.3. The number of nitrogens with zero attached hydrogens (tertiary/aromatic N) is 3. The van der Waals surface area contributed by atoms with Gasteiger partial charge in [-0.05, 0) is 0 Å². The standard InChI is InChI=1S/C11H15N4O8P/c1-14-4-15(9-6(14)10(18)13-3-12-9)11-8(17)7(16)5(23-11)2-22-24(19,20)21/h3-5,7-8,11,16-17H,2H2,1H3,(H2-,12,13,18,19,20,21)/p+1/t5-,7-,8-,11-/m1/s1. The van der Waals surface area contributed by atoms with Gasteiger partial charge in [0.05, 0.1) is 13.7 Å². The van der Waals surface area contributed by atoms with Crippen LogP contribution in [0.5, 0.6) is 0 Å². The van der Waals surface area contributed by atoms with E-state index in [-0.39, 0.29) is 11.2 Å². The number of fused-ring (bicyclic) bond motifs is 1. The summed E-state index contributed by atoms with van der Waals surface area (Å²) in [6, 6.07) is 0. The van der Waals surface area contributed by atoms with E-state index in [1.807, 2.05) is 0 Å². The van der Waals surface area contributed by atoms with Crippen LogP contribution in [0, 0.1) is 0 Å². The summed E-state index contributed by atoms with van der Waals surface area (Å²) in [5, 5.41) is 20.2. The van der Waals surface area contributed by atoms with Crippen molar-refractivity contribution in [2.75, 3.05) is 6.61 Å². The first-order valence-corrected chi connectivity index (χ1v) is 8.37. The van der Waals surface area contributed by atoms with Crippen molar-refractivity contribution in [3.8, 4) is 0 Å². The van der Waals surface area contributed by atoms with Crippen LogP contribution in [-0.4, -0.2) is 59.5 Å². The maximum Gasteiger partial charge on any atom is 0.469 e. The summed E-state index contributed by atoms with van der Waals surface area (Å²) in [4.78, 5) is 35.8. The third-order valence-electron chi connectivity index (χ3n) is 3.72. The fraction of sp³-hybridized carbons (Fsp3) is 0.545. The molecule has 13 heteroatoms. The monoisotopic (exact) mass is 363 g/mol. The molecular formula is C11H16N4O8P+. The Kier molecular flexibility index (Phi) is 4.30. The number of imidazole rings is 1. The number of aryl methyl sites for hydroxylation is 1. The Hall–Kier alpha value is -1.66. The van der Waals surface area contributed by atoms with Crippen molar-refractivity contribution < 1.29 is 38.4 Å². The molecule has 3 heterocycles. The van der Waals surface area contributed by atoms with Gasteiger partial charge in [0.25, 0.3) is 5.56 Å². The molecule has 0 radical (unpaired) electrons. The van der Waals surface area contributed by atoms with E-state index in [0.717, 1.165) is 0 Å². The quantitative estimate of drug-likeness (QED) is 0.286. The molecule has 0 spiro atoms. The lowest BCUT2D eigenvalue weighted by molar-refractivity contribution is -0.745. The molecule has 0 amide bonds. The van der Waals surface area contributed by atoms with Crippen LogP contribution in [0.3, 0.4) is 0 Å². The highest BCUT2D eigenvalue weighted by molar-refractivity contribution is 7.46. The highest BCUT2D eigenvalue weighted by Gasteiger charge is 2.47. The molecular weight excluding hydrogens is 347 g/mol. The minimum absolute atomic E-state index is 0.217. The molecule has 4 atom stereocenters. The first-order chi connectivity index (χ1) is 11.2. The molecule has 5 N–H and O–H groups in total. The van der Waals surface area contributed by atoms with E-state index in [1.165, 1.54) is 21.8 Å². The van der Waals surface area contributed by atoms with E-state index in [2.05, 4.69) is 14.5 Å². The zero-order valence-electron chi connectivity index (χ0n) is 12.4. The second-order valence-electron chi connectivity index (χ2n) is 5.37. The van der Waals surface area contributed by atoms with Gasteiger partial charge in [0.15, 0.2) is 12.7 Å². The second-order valence-corrected chi connectivity index (χ2v) is 6.61. The molecule has 2 aromatic heterocycles. The molecule has 1 saturated heterocycles. The fourth-order valence-corrected chi connectivity index (χ4v) is 2.98. The molecule has 12 nitrogen and oxygen atoms in total. The van der Waals surface area contributed by atoms with Crippen molar-refractivity contribution in [3.63, 3.8) is 0 Å².